The maximum Gasteiger partial charge on any atom is 0.231 e. The molecule has 0 aliphatic heterocycles. The maximum atomic E-state index is 8.35. The van der Waals surface area contributed by atoms with Gasteiger partial charge in [0.15, 0.2) is 0 Å². The Hall–Kier alpha value is -0.510. The van der Waals surface area contributed by atoms with Crippen LogP contribution in [0.5, 0.6) is 0 Å². The van der Waals surface area contributed by atoms with E-state index in [0.29, 0.717) is 0 Å². The van der Waals surface area contributed by atoms with Crippen LogP contribution in [0.25, 0.3) is 0 Å². The molecule has 1 rings (SSSR count). The predicted octanol–water partition coefficient (Wildman–Crippen LogP) is 2.76. The van der Waals surface area contributed by atoms with Crippen LogP contribution in [-0.2, 0) is 9.59 Å². The van der Waals surface area contributed by atoms with Crippen molar-refractivity contribution in [1.29, 1.82) is 10.8 Å². The van der Waals surface area contributed by atoms with Crippen LogP contribution in [0.15, 0.2) is 0 Å². The lowest BCUT2D eigenvalue weighted by Crippen LogP contribution is -1.85. The topological polar surface area (TPSA) is 81.8 Å². The second kappa shape index (κ2) is 22.5. The van der Waals surface area contributed by atoms with Gasteiger partial charge in [-0.25, -0.2) is 20.4 Å². The van der Waals surface area contributed by atoms with E-state index in [4.69, 9.17) is 20.4 Å². The first-order valence-electron chi connectivity index (χ1n) is 3.91. The van der Waals surface area contributed by atoms with Crippen LogP contribution in [0.3, 0.4) is 0 Å². The minimum Gasteiger partial charge on any atom is -0.222 e. The van der Waals surface area contributed by atoms with Gasteiger partial charge in [-0.3, -0.25) is 0 Å². The molecule has 1 fully saturated rings. The molecule has 0 aromatic heterocycles. The molecule has 13 heavy (non-hydrogen) atoms. The van der Waals surface area contributed by atoms with Gasteiger partial charge in [-0.05, 0) is 0 Å². The fourth-order valence-corrected chi connectivity index (χ4v) is 1.06. The van der Waals surface area contributed by atoms with Gasteiger partial charge in [-0.1, -0.05) is 38.5 Å². The largest absolute Gasteiger partial charge is 0.231 e. The summed E-state index contributed by atoms with van der Waals surface area (Å²) in [6.07, 6.45) is 10.5. The molecular formula is C8H15IN2O2. The molecule has 4 nitrogen and oxygen atoms in total. The first-order chi connectivity index (χ1) is 5.83. The molecule has 1 aliphatic carbocycles. The van der Waals surface area contributed by atoms with Crippen molar-refractivity contribution in [2.45, 2.75) is 38.5 Å². The fourth-order valence-electron chi connectivity index (χ4n) is 1.06. The minimum atomic E-state index is 0. The van der Waals surface area contributed by atoms with Gasteiger partial charge in [0.05, 0.1) is 0 Å². The molecule has 0 spiro atoms. The number of rotatable bonds is 0. The number of halogens is 1. The minimum absolute atomic E-state index is 0. The summed E-state index contributed by atoms with van der Waals surface area (Å²) in [5.74, 6) is 0. The highest BCUT2D eigenvalue weighted by Gasteiger charge is 1.95. The molecule has 0 amide bonds. The lowest BCUT2D eigenvalue weighted by Gasteiger charge is -2.05. The lowest BCUT2D eigenvalue weighted by molar-refractivity contribution is 0.504. The third kappa shape index (κ3) is 34.3. The zero-order valence-electron chi connectivity index (χ0n) is 7.47. The van der Waals surface area contributed by atoms with Gasteiger partial charge in [0.25, 0.3) is 0 Å². The smallest absolute Gasteiger partial charge is 0.222 e. The zero-order valence-corrected chi connectivity index (χ0v) is 9.80. The normalized spacial score (nSPS) is 12.3. The van der Waals surface area contributed by atoms with E-state index in [9.17, 15) is 0 Å². The molecule has 0 unspecified atom stereocenters. The highest BCUT2D eigenvalue weighted by atomic mass is 127. The number of hydrogen-bond donors (Lipinski definition) is 2. The number of carbonyl (C=O) groups excluding carboxylic acids is 2. The average molecular weight is 298 g/mol. The molecule has 0 bridgehead atoms. The van der Waals surface area contributed by atoms with Crippen LogP contribution >= 0.6 is 24.0 Å². The van der Waals surface area contributed by atoms with E-state index in [1.165, 1.54) is 38.5 Å². The summed E-state index contributed by atoms with van der Waals surface area (Å²) in [7, 11) is 0. The molecule has 0 radical (unpaired) electrons. The third-order valence-corrected chi connectivity index (χ3v) is 1.50. The molecule has 2 N–H and O–H groups in total. The van der Waals surface area contributed by atoms with Crippen molar-refractivity contribution in [1.82, 2.24) is 0 Å². The number of nitrogens with one attached hydrogen (secondary N) is 2. The Bertz CT molecular complexity index is 123. The maximum absolute atomic E-state index is 8.35. The fraction of sp³-hybridized carbons (Fsp3) is 0.750. The van der Waals surface area contributed by atoms with Crippen LogP contribution in [-0.4, -0.2) is 12.2 Å². The predicted molar refractivity (Wildman–Crippen MR) is 59.9 cm³/mol. The van der Waals surface area contributed by atoms with Gasteiger partial charge in [-0.2, -0.15) is 0 Å². The SMILES string of the molecule is C1CCCCC1.I.N=C=O.N=C=O. The van der Waals surface area contributed by atoms with Crippen molar-refractivity contribution in [2.24, 2.45) is 0 Å². The van der Waals surface area contributed by atoms with Gasteiger partial charge in [0.1, 0.15) is 0 Å². The molecule has 0 atom stereocenters. The van der Waals surface area contributed by atoms with Crippen molar-refractivity contribution in [3.05, 3.63) is 0 Å². The summed E-state index contributed by atoms with van der Waals surface area (Å²) in [5.41, 5.74) is 0. The summed E-state index contributed by atoms with van der Waals surface area (Å²) in [4.78, 5) is 16.7. The summed E-state index contributed by atoms with van der Waals surface area (Å²) in [6.45, 7) is 0. The highest BCUT2D eigenvalue weighted by Crippen LogP contribution is 2.15. The van der Waals surface area contributed by atoms with Crippen LogP contribution in [0, 0.1) is 10.8 Å². The van der Waals surface area contributed by atoms with Crippen molar-refractivity contribution in [3.63, 3.8) is 0 Å². The summed E-state index contributed by atoms with van der Waals surface area (Å²) < 4.78 is 0. The van der Waals surface area contributed by atoms with Gasteiger partial charge >= 0.3 is 0 Å². The lowest BCUT2D eigenvalue weighted by atomic mass is 10.0. The Morgan fingerprint density at radius 1 is 0.692 bits per heavy atom. The van der Waals surface area contributed by atoms with Crippen molar-refractivity contribution >= 4 is 36.1 Å². The van der Waals surface area contributed by atoms with E-state index < -0.39 is 0 Å². The number of isocyanates is 2. The summed E-state index contributed by atoms with van der Waals surface area (Å²) in [6, 6.07) is 0. The standard InChI is InChI=1S/C6H12.2CHNO.HI/c1-2-4-6-5-3-1;2*2-1-3;/h1-6H2;2*2H;1H. The highest BCUT2D eigenvalue weighted by molar-refractivity contribution is 14.0. The van der Waals surface area contributed by atoms with Crippen molar-refractivity contribution in [2.75, 3.05) is 0 Å². The monoisotopic (exact) mass is 298 g/mol. The Labute approximate surface area is 95.1 Å². The van der Waals surface area contributed by atoms with Gasteiger partial charge in [-0.15, -0.1) is 24.0 Å². The van der Waals surface area contributed by atoms with Crippen molar-refractivity contribution in [3.8, 4) is 0 Å². The number of hydrogen-bond acceptors (Lipinski definition) is 4. The molecule has 0 heterocycles. The molecule has 0 aromatic carbocycles. The Kier molecular flexibility index (Phi) is 31.7. The molecular weight excluding hydrogens is 283 g/mol. The van der Waals surface area contributed by atoms with E-state index >= 15 is 0 Å². The Balaban J connectivity index is -0.000000126. The summed E-state index contributed by atoms with van der Waals surface area (Å²) in [5, 5.41) is 10.8. The molecule has 76 valence electrons. The molecule has 0 aromatic rings. The molecule has 0 saturated heterocycles. The summed E-state index contributed by atoms with van der Waals surface area (Å²) >= 11 is 0. The van der Waals surface area contributed by atoms with E-state index in [1.54, 1.807) is 0 Å². The van der Waals surface area contributed by atoms with E-state index in [1.807, 2.05) is 0 Å². The Morgan fingerprint density at radius 3 is 0.846 bits per heavy atom. The first kappa shape index (κ1) is 18.3. The van der Waals surface area contributed by atoms with E-state index in [2.05, 4.69) is 0 Å². The van der Waals surface area contributed by atoms with Crippen LogP contribution in [0.1, 0.15) is 38.5 Å². The van der Waals surface area contributed by atoms with Crippen LogP contribution in [0.2, 0.25) is 0 Å². The van der Waals surface area contributed by atoms with Gasteiger partial charge in [0.2, 0.25) is 12.2 Å². The molecule has 5 heteroatoms. The van der Waals surface area contributed by atoms with Gasteiger partial charge < -0.3 is 0 Å². The van der Waals surface area contributed by atoms with E-state index in [0.717, 1.165) is 12.2 Å². The first-order valence-corrected chi connectivity index (χ1v) is 3.91. The van der Waals surface area contributed by atoms with Crippen LogP contribution in [0.4, 0.5) is 0 Å². The van der Waals surface area contributed by atoms with E-state index in [-0.39, 0.29) is 24.0 Å². The second-order valence-corrected chi connectivity index (χ2v) is 2.33. The Morgan fingerprint density at radius 2 is 0.769 bits per heavy atom. The van der Waals surface area contributed by atoms with Crippen LogP contribution < -0.4 is 0 Å². The molecule has 1 saturated carbocycles. The quantitative estimate of drug-likeness (QED) is 0.409. The second-order valence-electron chi connectivity index (χ2n) is 2.33. The van der Waals surface area contributed by atoms with Gasteiger partial charge in [0, 0.05) is 0 Å². The third-order valence-electron chi connectivity index (χ3n) is 1.50. The average Bonchev–Trinajstić information content (AvgIpc) is 2.10. The zero-order chi connectivity index (χ0) is 9.66. The molecule has 1 aliphatic rings. The van der Waals surface area contributed by atoms with Crippen molar-refractivity contribution < 1.29 is 9.59 Å².